The standard InChI is InChI=1S/C46H28O2/c1-2-4-14-36(38-16-8-7-15-37(38)35(13-3-1)31-20-19-29-11-5-6-12-30(29)23-31)32-21-22-44-41(24-32)42-26-34-27-45-40(25-33(34)28-46(42)48-44)39-17-9-10-18-43(39)47-45/h1-28H. The average molecular weight is 613 g/mol. The minimum absolute atomic E-state index is 0.877. The van der Waals surface area contributed by atoms with Crippen LogP contribution in [-0.4, -0.2) is 0 Å². The zero-order valence-electron chi connectivity index (χ0n) is 26.0. The highest BCUT2D eigenvalue weighted by Gasteiger charge is 2.14. The average Bonchev–Trinajstić information content (AvgIpc) is 3.67. The van der Waals surface area contributed by atoms with E-state index in [-0.39, 0.29) is 0 Å². The van der Waals surface area contributed by atoms with Gasteiger partial charge in [0.2, 0.25) is 0 Å². The lowest BCUT2D eigenvalue weighted by Gasteiger charge is -2.10. The van der Waals surface area contributed by atoms with Gasteiger partial charge in [-0.05, 0) is 103 Å². The fraction of sp³-hybridized carbons (Fsp3) is 0. The third-order valence-electron chi connectivity index (χ3n) is 9.66. The van der Waals surface area contributed by atoms with Crippen molar-refractivity contribution in [3.05, 3.63) is 170 Å². The Bertz CT molecular complexity index is 2960. The van der Waals surface area contributed by atoms with Crippen molar-refractivity contribution in [2.45, 2.75) is 0 Å². The maximum absolute atomic E-state index is 6.47. The molecule has 0 unspecified atom stereocenters. The Balaban J connectivity index is 1.20. The molecule has 0 bridgehead atoms. The van der Waals surface area contributed by atoms with Crippen LogP contribution in [0.1, 0.15) is 0 Å². The number of para-hydroxylation sites is 1. The molecule has 0 fully saturated rings. The van der Waals surface area contributed by atoms with Crippen LogP contribution >= 0.6 is 0 Å². The van der Waals surface area contributed by atoms with Gasteiger partial charge in [-0.15, -0.1) is 0 Å². The summed E-state index contributed by atoms with van der Waals surface area (Å²) in [6, 6.07) is 60.5. The summed E-state index contributed by atoms with van der Waals surface area (Å²) in [5.41, 5.74) is 8.24. The van der Waals surface area contributed by atoms with Gasteiger partial charge >= 0.3 is 0 Å². The van der Waals surface area contributed by atoms with Gasteiger partial charge in [-0.25, -0.2) is 0 Å². The van der Waals surface area contributed by atoms with E-state index in [1.165, 1.54) is 32.7 Å². The van der Waals surface area contributed by atoms with Gasteiger partial charge < -0.3 is 8.83 Å². The number of benzene rings is 7. The van der Waals surface area contributed by atoms with Gasteiger partial charge in [0.25, 0.3) is 0 Å². The van der Waals surface area contributed by atoms with Crippen LogP contribution in [0.4, 0.5) is 0 Å². The van der Waals surface area contributed by atoms with Crippen LogP contribution in [0, 0.1) is 0 Å². The van der Waals surface area contributed by atoms with Crippen molar-refractivity contribution in [1.82, 2.24) is 0 Å². The predicted molar refractivity (Wildman–Crippen MR) is 202 cm³/mol. The highest BCUT2D eigenvalue weighted by atomic mass is 16.3. The fourth-order valence-electron chi connectivity index (χ4n) is 7.33. The van der Waals surface area contributed by atoms with Crippen molar-refractivity contribution >= 4 is 76.2 Å². The van der Waals surface area contributed by atoms with E-state index in [9.17, 15) is 0 Å². The summed E-state index contributed by atoms with van der Waals surface area (Å²) in [4.78, 5) is 0. The van der Waals surface area contributed by atoms with E-state index < -0.39 is 0 Å². The second kappa shape index (κ2) is 10.6. The Morgan fingerprint density at radius 3 is 1.46 bits per heavy atom. The molecule has 224 valence electrons. The van der Waals surface area contributed by atoms with E-state index in [2.05, 4.69) is 158 Å². The van der Waals surface area contributed by atoms with E-state index in [4.69, 9.17) is 8.83 Å². The molecule has 10 rings (SSSR count). The molecule has 0 aliphatic rings. The molecule has 2 nitrogen and oxygen atoms in total. The van der Waals surface area contributed by atoms with Gasteiger partial charge in [0.15, 0.2) is 0 Å². The van der Waals surface area contributed by atoms with E-state index >= 15 is 0 Å². The molecule has 0 aliphatic carbocycles. The van der Waals surface area contributed by atoms with Gasteiger partial charge in [0, 0.05) is 21.5 Å². The monoisotopic (exact) mass is 612 g/mol. The first-order valence-electron chi connectivity index (χ1n) is 16.3. The fourth-order valence-corrected chi connectivity index (χ4v) is 7.33. The number of hydrogen-bond donors (Lipinski definition) is 0. The first-order chi connectivity index (χ1) is 23.8. The molecule has 0 aliphatic heterocycles. The number of hydrogen-bond acceptors (Lipinski definition) is 2. The van der Waals surface area contributed by atoms with Gasteiger partial charge in [0.1, 0.15) is 22.3 Å². The Hall–Kier alpha value is -6.38. The second-order valence-corrected chi connectivity index (χ2v) is 12.5. The van der Waals surface area contributed by atoms with Gasteiger partial charge in [-0.1, -0.05) is 121 Å². The lowest BCUT2D eigenvalue weighted by Crippen LogP contribution is -1.84. The molecule has 0 amide bonds. The summed E-state index contributed by atoms with van der Waals surface area (Å²) < 4.78 is 12.7. The first-order valence-corrected chi connectivity index (χ1v) is 16.3. The molecule has 10 aromatic rings. The van der Waals surface area contributed by atoms with Gasteiger partial charge in [0.05, 0.1) is 0 Å². The van der Waals surface area contributed by atoms with Crippen molar-refractivity contribution < 1.29 is 8.83 Å². The molecule has 2 heterocycles. The van der Waals surface area contributed by atoms with Crippen molar-refractivity contribution in [2.75, 3.05) is 0 Å². The molecule has 0 N–H and O–H groups in total. The Labute approximate surface area is 276 Å². The van der Waals surface area contributed by atoms with E-state index in [0.29, 0.717) is 0 Å². The zero-order chi connectivity index (χ0) is 31.6. The van der Waals surface area contributed by atoms with Crippen molar-refractivity contribution in [1.29, 1.82) is 0 Å². The summed E-state index contributed by atoms with van der Waals surface area (Å²) in [6.45, 7) is 0. The summed E-state index contributed by atoms with van der Waals surface area (Å²) in [6.07, 6.45) is 0. The Morgan fingerprint density at radius 1 is 0.250 bits per heavy atom. The van der Waals surface area contributed by atoms with Crippen molar-refractivity contribution in [3.63, 3.8) is 0 Å². The molecule has 2 aromatic heterocycles. The van der Waals surface area contributed by atoms with E-state index in [1.807, 2.05) is 12.1 Å². The minimum Gasteiger partial charge on any atom is -0.456 e. The highest BCUT2D eigenvalue weighted by molar-refractivity contribution is 6.16. The quantitative estimate of drug-likeness (QED) is 0.194. The third-order valence-corrected chi connectivity index (χ3v) is 9.66. The molecular formula is C46H28O2. The normalized spacial score (nSPS) is 11.8. The summed E-state index contributed by atoms with van der Waals surface area (Å²) >= 11 is 0. The van der Waals surface area contributed by atoms with Crippen LogP contribution in [0.15, 0.2) is 179 Å². The lowest BCUT2D eigenvalue weighted by atomic mass is 9.94. The molecule has 0 saturated carbocycles. The molecule has 2 heteroatoms. The maximum atomic E-state index is 6.47. The number of fused-ring (bicyclic) bond motifs is 9. The smallest absolute Gasteiger partial charge is 0.136 e. The molecule has 48 heavy (non-hydrogen) atoms. The first kappa shape index (κ1) is 26.8. The molecular weight excluding hydrogens is 585 g/mol. The summed E-state index contributed by atoms with van der Waals surface area (Å²) in [5, 5.41) is 11.6. The number of rotatable bonds is 2. The van der Waals surface area contributed by atoms with Crippen LogP contribution in [0.2, 0.25) is 0 Å². The van der Waals surface area contributed by atoms with E-state index in [1.54, 1.807) is 0 Å². The van der Waals surface area contributed by atoms with Crippen LogP contribution in [-0.2, 0) is 0 Å². The molecule has 0 spiro atoms. The molecule has 0 atom stereocenters. The van der Waals surface area contributed by atoms with Crippen molar-refractivity contribution in [2.24, 2.45) is 0 Å². The second-order valence-electron chi connectivity index (χ2n) is 12.5. The third kappa shape index (κ3) is 4.27. The largest absolute Gasteiger partial charge is 0.456 e. The number of furan rings is 2. The maximum Gasteiger partial charge on any atom is 0.136 e. The van der Waals surface area contributed by atoms with Gasteiger partial charge in [-0.2, -0.15) is 0 Å². The molecule has 0 radical (unpaired) electrons. The Kier molecular flexibility index (Phi) is 5.91. The summed E-state index contributed by atoms with van der Waals surface area (Å²) in [7, 11) is 0. The minimum atomic E-state index is 0.877. The van der Waals surface area contributed by atoms with Crippen LogP contribution in [0.5, 0.6) is 0 Å². The van der Waals surface area contributed by atoms with Gasteiger partial charge in [-0.3, -0.25) is 0 Å². The van der Waals surface area contributed by atoms with E-state index in [0.717, 1.165) is 65.8 Å². The predicted octanol–water partition coefficient (Wildman–Crippen LogP) is 13.4. The summed E-state index contributed by atoms with van der Waals surface area (Å²) in [5.74, 6) is 0. The zero-order valence-corrected chi connectivity index (χ0v) is 26.0. The molecule has 8 aromatic carbocycles. The topological polar surface area (TPSA) is 26.3 Å². The SMILES string of the molecule is c1cccc(-c2ccc3oc4cc5cc6c(cc5cc4c3c2)oc2ccccc26)c2ccccc2c(-c2ccc3ccccc3c2)cc1. The highest BCUT2D eigenvalue weighted by Crippen LogP contribution is 2.39. The Morgan fingerprint density at radius 2 is 0.750 bits per heavy atom. The van der Waals surface area contributed by atoms with Crippen LogP contribution < -0.4 is 0 Å². The lowest BCUT2D eigenvalue weighted by molar-refractivity contribution is 0.668. The van der Waals surface area contributed by atoms with Crippen LogP contribution in [0.3, 0.4) is 0 Å². The van der Waals surface area contributed by atoms with Crippen LogP contribution in [0.25, 0.3) is 98.4 Å². The van der Waals surface area contributed by atoms with Crippen molar-refractivity contribution in [3.8, 4) is 22.3 Å². The molecule has 0 saturated heterocycles.